The first-order valence-corrected chi connectivity index (χ1v) is 10.4. The second kappa shape index (κ2) is 19.6. The second-order valence-corrected chi connectivity index (χ2v) is 6.62. The van der Waals surface area contributed by atoms with Gasteiger partial charge in [0.15, 0.2) is 0 Å². The van der Waals surface area contributed by atoms with Gasteiger partial charge < -0.3 is 0 Å². The van der Waals surface area contributed by atoms with Crippen LogP contribution < -0.4 is 10.9 Å². The molecular weight excluding hydrogens is 328 g/mol. The average molecular weight is 367 g/mol. The highest BCUT2D eigenvalue weighted by Gasteiger charge is 2.10. The normalized spacial score (nSPS) is 11.3. The predicted octanol–water partition coefficient (Wildman–Crippen LogP) is 4.69. The van der Waals surface area contributed by atoms with E-state index in [1.54, 1.807) is 12.4 Å². The minimum atomic E-state index is -0.791. The van der Waals surface area contributed by atoms with Crippen LogP contribution in [0.3, 0.4) is 0 Å². The Bertz CT molecular complexity index is 371. The summed E-state index contributed by atoms with van der Waals surface area (Å²) < 4.78 is 0. The van der Waals surface area contributed by atoms with Gasteiger partial charge in [-0.1, -0.05) is 78.1 Å². The van der Waals surface area contributed by atoms with Crippen molar-refractivity contribution in [3.05, 3.63) is 0 Å². The van der Waals surface area contributed by atoms with E-state index < -0.39 is 11.8 Å². The van der Waals surface area contributed by atoms with Crippen molar-refractivity contribution in [3.8, 4) is 0 Å². The van der Waals surface area contributed by atoms with Crippen LogP contribution in [0.2, 0.25) is 0 Å². The topological polar surface area (TPSA) is 82.9 Å². The zero-order valence-corrected chi connectivity index (χ0v) is 16.8. The molecule has 0 bridgehead atoms. The first-order chi connectivity index (χ1) is 12.7. The molecular formula is C20H38N4O2. The Morgan fingerprint density at radius 3 is 1.35 bits per heavy atom. The van der Waals surface area contributed by atoms with Gasteiger partial charge in [-0.25, -0.2) is 10.9 Å². The van der Waals surface area contributed by atoms with Gasteiger partial charge in [-0.15, -0.1) is 0 Å². The van der Waals surface area contributed by atoms with Gasteiger partial charge in [-0.05, 0) is 25.7 Å². The number of hydrogen-bond acceptors (Lipinski definition) is 4. The zero-order valence-electron chi connectivity index (χ0n) is 16.8. The molecule has 2 N–H and O–H groups in total. The summed E-state index contributed by atoms with van der Waals surface area (Å²) in [6.45, 7) is 4.40. The van der Waals surface area contributed by atoms with Gasteiger partial charge in [0.1, 0.15) is 0 Å². The third-order valence-electron chi connectivity index (χ3n) is 4.09. The molecule has 0 fully saturated rings. The van der Waals surface area contributed by atoms with Crippen LogP contribution in [0, 0.1) is 0 Å². The molecule has 2 amide bonds. The van der Waals surface area contributed by atoms with Crippen molar-refractivity contribution in [2.75, 3.05) is 0 Å². The van der Waals surface area contributed by atoms with Crippen molar-refractivity contribution in [2.45, 2.75) is 104 Å². The van der Waals surface area contributed by atoms with Crippen LogP contribution in [-0.4, -0.2) is 24.2 Å². The molecule has 0 aliphatic carbocycles. The number of carbonyl (C=O) groups is 2. The molecule has 0 saturated carbocycles. The lowest BCUT2D eigenvalue weighted by Gasteiger charge is -1.99. The summed E-state index contributed by atoms with van der Waals surface area (Å²) in [5.41, 5.74) is 4.44. The number of rotatable bonds is 16. The fraction of sp³-hybridized carbons (Fsp3) is 0.800. The lowest BCUT2D eigenvalue weighted by molar-refractivity contribution is -0.139. The van der Waals surface area contributed by atoms with Crippen molar-refractivity contribution >= 4 is 24.2 Å². The highest BCUT2D eigenvalue weighted by atomic mass is 16.2. The van der Waals surface area contributed by atoms with Crippen LogP contribution in [0.4, 0.5) is 0 Å². The number of hydrogen-bond donors (Lipinski definition) is 2. The summed E-state index contributed by atoms with van der Waals surface area (Å²) in [5.74, 6) is -1.58. The Balaban J connectivity index is 3.56. The van der Waals surface area contributed by atoms with E-state index in [0.717, 1.165) is 25.7 Å². The molecule has 0 aromatic rings. The Labute approximate surface area is 159 Å². The molecule has 0 radical (unpaired) electrons. The number of hydrazone groups is 2. The largest absolute Gasteiger partial charge is 0.331 e. The molecule has 0 saturated heterocycles. The van der Waals surface area contributed by atoms with E-state index in [9.17, 15) is 9.59 Å². The first kappa shape index (κ1) is 24.3. The Kier molecular flexibility index (Phi) is 18.3. The van der Waals surface area contributed by atoms with Crippen LogP contribution in [0.15, 0.2) is 10.2 Å². The van der Waals surface area contributed by atoms with E-state index in [-0.39, 0.29) is 0 Å². The van der Waals surface area contributed by atoms with E-state index >= 15 is 0 Å². The maximum atomic E-state index is 11.5. The van der Waals surface area contributed by atoms with Crippen molar-refractivity contribution in [3.63, 3.8) is 0 Å². The summed E-state index contributed by atoms with van der Waals surface area (Å²) >= 11 is 0. The van der Waals surface area contributed by atoms with Crippen LogP contribution in [0.5, 0.6) is 0 Å². The number of carbonyl (C=O) groups excluding carboxylic acids is 2. The minimum absolute atomic E-state index is 0.791. The lowest BCUT2D eigenvalue weighted by atomic mass is 10.1. The Morgan fingerprint density at radius 1 is 0.615 bits per heavy atom. The SMILES string of the molecule is CCCCCCCC/C=N\NC(=O)C(=O)N/N=C\CCCCCCCC. The average Bonchev–Trinajstić information content (AvgIpc) is 2.65. The van der Waals surface area contributed by atoms with Crippen LogP contribution >= 0.6 is 0 Å². The van der Waals surface area contributed by atoms with Crippen molar-refractivity contribution in [1.82, 2.24) is 10.9 Å². The van der Waals surface area contributed by atoms with Gasteiger partial charge in [-0.3, -0.25) is 9.59 Å². The van der Waals surface area contributed by atoms with Gasteiger partial charge in [0, 0.05) is 12.4 Å². The van der Waals surface area contributed by atoms with Crippen molar-refractivity contribution in [1.29, 1.82) is 0 Å². The molecule has 6 nitrogen and oxygen atoms in total. The lowest BCUT2D eigenvalue weighted by Crippen LogP contribution is -2.35. The number of amides is 2. The monoisotopic (exact) mass is 366 g/mol. The summed E-state index contributed by atoms with van der Waals surface area (Å²) in [7, 11) is 0. The van der Waals surface area contributed by atoms with Gasteiger partial charge >= 0.3 is 11.8 Å². The zero-order chi connectivity index (χ0) is 19.3. The van der Waals surface area contributed by atoms with Crippen molar-refractivity contribution < 1.29 is 9.59 Å². The highest BCUT2D eigenvalue weighted by Crippen LogP contribution is 2.06. The molecule has 0 aromatic carbocycles. The molecule has 0 spiro atoms. The second-order valence-electron chi connectivity index (χ2n) is 6.62. The number of unbranched alkanes of at least 4 members (excludes halogenated alkanes) is 12. The van der Waals surface area contributed by atoms with Crippen LogP contribution in [0.1, 0.15) is 104 Å². The van der Waals surface area contributed by atoms with E-state index in [1.165, 1.54) is 64.2 Å². The van der Waals surface area contributed by atoms with E-state index in [2.05, 4.69) is 34.9 Å². The molecule has 26 heavy (non-hydrogen) atoms. The van der Waals surface area contributed by atoms with E-state index in [1.807, 2.05) is 0 Å². The number of nitrogens with zero attached hydrogens (tertiary/aromatic N) is 2. The fourth-order valence-corrected chi connectivity index (χ4v) is 2.47. The fourth-order valence-electron chi connectivity index (χ4n) is 2.47. The highest BCUT2D eigenvalue weighted by molar-refractivity contribution is 6.35. The molecule has 6 heteroatoms. The smallest absolute Gasteiger partial charge is 0.262 e. The van der Waals surface area contributed by atoms with Crippen LogP contribution in [-0.2, 0) is 9.59 Å². The summed E-state index contributed by atoms with van der Waals surface area (Å²) in [5, 5.41) is 7.56. The predicted molar refractivity (Wildman–Crippen MR) is 109 cm³/mol. The van der Waals surface area contributed by atoms with E-state index in [0.29, 0.717) is 0 Å². The van der Waals surface area contributed by atoms with Gasteiger partial charge in [0.25, 0.3) is 0 Å². The van der Waals surface area contributed by atoms with E-state index in [4.69, 9.17) is 0 Å². The minimum Gasteiger partial charge on any atom is -0.262 e. The van der Waals surface area contributed by atoms with Crippen LogP contribution in [0.25, 0.3) is 0 Å². The summed E-state index contributed by atoms with van der Waals surface area (Å²) in [4.78, 5) is 23.0. The van der Waals surface area contributed by atoms with Crippen molar-refractivity contribution in [2.24, 2.45) is 10.2 Å². The maximum Gasteiger partial charge on any atom is 0.331 e. The molecule has 0 rings (SSSR count). The van der Waals surface area contributed by atoms with Gasteiger partial charge in [0.2, 0.25) is 0 Å². The molecule has 0 aliphatic rings. The standard InChI is InChI=1S/C20H38N4O2/c1-3-5-7-9-11-13-15-17-21-23-19(25)20(26)24-22-18-16-14-12-10-8-6-4-2/h17-18H,3-16H2,1-2H3,(H,23,25)(H,24,26)/b21-17-,22-18-. The third kappa shape index (κ3) is 17.1. The maximum absolute atomic E-state index is 11.5. The third-order valence-corrected chi connectivity index (χ3v) is 4.09. The number of nitrogens with one attached hydrogen (secondary N) is 2. The van der Waals surface area contributed by atoms with Gasteiger partial charge in [0.05, 0.1) is 0 Å². The molecule has 150 valence electrons. The summed E-state index contributed by atoms with van der Waals surface area (Å²) in [6.07, 6.45) is 19.5. The molecule has 0 unspecified atom stereocenters. The molecule has 0 aliphatic heterocycles. The van der Waals surface area contributed by atoms with Gasteiger partial charge in [-0.2, -0.15) is 10.2 Å². The first-order valence-electron chi connectivity index (χ1n) is 10.4. The molecule has 0 heterocycles. The molecule has 0 aromatic heterocycles. The quantitative estimate of drug-likeness (QED) is 0.180. The molecule has 0 atom stereocenters. The summed E-state index contributed by atoms with van der Waals surface area (Å²) in [6, 6.07) is 0. The Hall–Kier alpha value is -1.72. The Morgan fingerprint density at radius 2 is 0.962 bits per heavy atom.